The van der Waals surface area contributed by atoms with Crippen LogP contribution in [0.4, 0.5) is 0 Å². The van der Waals surface area contributed by atoms with Crippen molar-refractivity contribution < 1.29 is 19.4 Å². The third kappa shape index (κ3) is 4.41. The van der Waals surface area contributed by atoms with Crippen molar-refractivity contribution in [3.05, 3.63) is 29.3 Å². The lowest BCUT2D eigenvalue weighted by atomic mass is 9.78. The standard InChI is InChI=1S/C22H31ClN2O4/c1-22(2,25-6-8-28-9-7-25)21(27)24-13-15-10-19(26)20(11-16(15)14-24)29-18-5-3-4-17(23)12-18/h3-5,12,15-16,19-20,26H,6-11,13-14H2,1-2H3/t15-,16+,19+,20+/m0/s1. The van der Waals surface area contributed by atoms with Crippen molar-refractivity contribution in [3.8, 4) is 5.75 Å². The molecular formula is C22H31ClN2O4. The number of hydrogen-bond donors (Lipinski definition) is 1. The number of fused-ring (bicyclic) bond motifs is 1. The highest BCUT2D eigenvalue weighted by molar-refractivity contribution is 6.30. The molecule has 29 heavy (non-hydrogen) atoms. The summed E-state index contributed by atoms with van der Waals surface area (Å²) < 4.78 is 11.5. The molecule has 2 saturated heterocycles. The van der Waals surface area contributed by atoms with E-state index < -0.39 is 11.6 Å². The van der Waals surface area contributed by atoms with Crippen LogP contribution in [0.25, 0.3) is 0 Å². The van der Waals surface area contributed by atoms with E-state index in [0.29, 0.717) is 42.2 Å². The van der Waals surface area contributed by atoms with Crippen molar-refractivity contribution in [1.82, 2.24) is 9.80 Å². The number of nitrogens with zero attached hydrogens (tertiary/aromatic N) is 2. The first kappa shape index (κ1) is 20.9. The Morgan fingerprint density at radius 2 is 1.90 bits per heavy atom. The average molecular weight is 423 g/mol. The third-order valence-electron chi connectivity index (χ3n) is 6.78. The fourth-order valence-corrected chi connectivity index (χ4v) is 5.22. The smallest absolute Gasteiger partial charge is 0.242 e. The topological polar surface area (TPSA) is 62.2 Å². The number of rotatable bonds is 4. The van der Waals surface area contributed by atoms with Gasteiger partial charge in [0.2, 0.25) is 5.91 Å². The van der Waals surface area contributed by atoms with Gasteiger partial charge >= 0.3 is 0 Å². The molecule has 0 radical (unpaired) electrons. The number of amides is 1. The van der Waals surface area contributed by atoms with E-state index in [9.17, 15) is 9.90 Å². The van der Waals surface area contributed by atoms with Crippen molar-refractivity contribution >= 4 is 17.5 Å². The average Bonchev–Trinajstić information content (AvgIpc) is 3.11. The number of carbonyl (C=O) groups excluding carboxylic acids is 1. The van der Waals surface area contributed by atoms with Gasteiger partial charge in [0.05, 0.1) is 24.9 Å². The fraction of sp³-hybridized carbons (Fsp3) is 0.682. The fourth-order valence-electron chi connectivity index (χ4n) is 5.04. The number of carbonyl (C=O) groups is 1. The van der Waals surface area contributed by atoms with Crippen LogP contribution in [-0.4, -0.2) is 78.0 Å². The van der Waals surface area contributed by atoms with Gasteiger partial charge in [-0.05, 0) is 56.7 Å². The zero-order valence-corrected chi connectivity index (χ0v) is 18.0. The number of aliphatic hydroxyl groups is 1. The minimum Gasteiger partial charge on any atom is -0.488 e. The van der Waals surface area contributed by atoms with E-state index >= 15 is 0 Å². The largest absolute Gasteiger partial charge is 0.488 e. The molecule has 3 aliphatic rings. The summed E-state index contributed by atoms with van der Waals surface area (Å²) in [4.78, 5) is 17.6. The molecule has 1 aromatic rings. The highest BCUT2D eigenvalue weighted by atomic mass is 35.5. The quantitative estimate of drug-likeness (QED) is 0.807. The van der Waals surface area contributed by atoms with Crippen LogP contribution in [0.5, 0.6) is 5.75 Å². The Kier molecular flexibility index (Phi) is 6.07. The summed E-state index contributed by atoms with van der Waals surface area (Å²) >= 11 is 6.05. The molecule has 1 aliphatic carbocycles. The molecule has 2 aliphatic heterocycles. The number of hydrogen-bond acceptors (Lipinski definition) is 5. The van der Waals surface area contributed by atoms with Crippen LogP contribution < -0.4 is 4.74 Å². The number of halogens is 1. The molecule has 2 heterocycles. The first-order valence-corrected chi connectivity index (χ1v) is 10.9. The maximum atomic E-state index is 13.3. The Hall–Kier alpha value is -1.34. The van der Waals surface area contributed by atoms with E-state index in [2.05, 4.69) is 4.90 Å². The van der Waals surface area contributed by atoms with Gasteiger partial charge in [-0.15, -0.1) is 0 Å². The van der Waals surface area contributed by atoms with Crippen molar-refractivity contribution in [2.75, 3.05) is 39.4 Å². The lowest BCUT2D eigenvalue weighted by Gasteiger charge is -2.41. The summed E-state index contributed by atoms with van der Waals surface area (Å²) in [5, 5.41) is 11.3. The molecule has 0 unspecified atom stereocenters. The Labute approximate surface area is 177 Å². The lowest BCUT2D eigenvalue weighted by molar-refractivity contribution is -0.144. The first-order valence-electron chi connectivity index (χ1n) is 10.6. The normalized spacial score (nSPS) is 30.8. The van der Waals surface area contributed by atoms with Crippen LogP contribution in [0, 0.1) is 11.8 Å². The zero-order chi connectivity index (χ0) is 20.6. The van der Waals surface area contributed by atoms with Crippen molar-refractivity contribution in [2.45, 2.75) is 44.4 Å². The van der Waals surface area contributed by atoms with E-state index in [0.717, 1.165) is 32.6 Å². The van der Waals surface area contributed by atoms with Crippen molar-refractivity contribution in [3.63, 3.8) is 0 Å². The summed E-state index contributed by atoms with van der Waals surface area (Å²) in [7, 11) is 0. The lowest BCUT2D eigenvalue weighted by Crippen LogP contribution is -2.58. The van der Waals surface area contributed by atoms with Crippen LogP contribution in [0.15, 0.2) is 24.3 Å². The van der Waals surface area contributed by atoms with E-state index in [4.69, 9.17) is 21.1 Å². The van der Waals surface area contributed by atoms with E-state index in [1.54, 1.807) is 12.1 Å². The molecule has 7 heteroatoms. The Balaban J connectivity index is 1.39. The second kappa shape index (κ2) is 8.42. The van der Waals surface area contributed by atoms with Gasteiger partial charge in [0.1, 0.15) is 11.9 Å². The second-order valence-corrected chi connectivity index (χ2v) is 9.48. The Morgan fingerprint density at radius 3 is 2.59 bits per heavy atom. The maximum Gasteiger partial charge on any atom is 0.242 e. The molecule has 6 nitrogen and oxygen atoms in total. The minimum absolute atomic E-state index is 0.176. The molecule has 1 amide bonds. The molecular weight excluding hydrogens is 392 g/mol. The van der Waals surface area contributed by atoms with Crippen LogP contribution >= 0.6 is 11.6 Å². The molecule has 1 saturated carbocycles. The van der Waals surface area contributed by atoms with Crippen LogP contribution in [0.1, 0.15) is 26.7 Å². The molecule has 0 spiro atoms. The molecule has 1 N–H and O–H groups in total. The molecule has 4 atom stereocenters. The summed E-state index contributed by atoms with van der Waals surface area (Å²) in [5.41, 5.74) is -0.535. The number of morpholine rings is 1. The predicted molar refractivity (Wildman–Crippen MR) is 111 cm³/mol. The summed E-state index contributed by atoms with van der Waals surface area (Å²) in [6, 6.07) is 7.29. The summed E-state index contributed by atoms with van der Waals surface area (Å²) in [6.45, 7) is 8.41. The molecule has 3 fully saturated rings. The van der Waals surface area contributed by atoms with Gasteiger partial charge in [0, 0.05) is 31.2 Å². The van der Waals surface area contributed by atoms with Gasteiger partial charge in [-0.2, -0.15) is 0 Å². The number of ether oxygens (including phenoxy) is 2. The minimum atomic E-state index is -0.535. The van der Waals surface area contributed by atoms with Gasteiger partial charge < -0.3 is 19.5 Å². The Morgan fingerprint density at radius 1 is 1.21 bits per heavy atom. The second-order valence-electron chi connectivity index (χ2n) is 9.04. The Bertz CT molecular complexity index is 737. The first-order chi connectivity index (χ1) is 13.8. The predicted octanol–water partition coefficient (Wildman–Crippen LogP) is 2.43. The van der Waals surface area contributed by atoms with Gasteiger partial charge in [0.15, 0.2) is 0 Å². The molecule has 0 bridgehead atoms. The highest BCUT2D eigenvalue weighted by Crippen LogP contribution is 2.39. The maximum absolute atomic E-state index is 13.3. The molecule has 1 aromatic carbocycles. The van der Waals surface area contributed by atoms with Gasteiger partial charge in [-0.3, -0.25) is 9.69 Å². The van der Waals surface area contributed by atoms with E-state index in [1.807, 2.05) is 30.9 Å². The SMILES string of the molecule is CC(C)(C(=O)N1C[C@H]2C[C@@H](Oc3cccc(Cl)c3)[C@H](O)C[C@H]2C1)N1CCOCC1. The van der Waals surface area contributed by atoms with Crippen LogP contribution in [0.2, 0.25) is 5.02 Å². The highest BCUT2D eigenvalue weighted by Gasteiger charge is 2.47. The number of benzene rings is 1. The number of likely N-dealkylation sites (tertiary alicyclic amines) is 1. The number of aliphatic hydroxyl groups excluding tert-OH is 1. The van der Waals surface area contributed by atoms with Crippen LogP contribution in [0.3, 0.4) is 0 Å². The van der Waals surface area contributed by atoms with Crippen molar-refractivity contribution in [2.24, 2.45) is 11.8 Å². The van der Waals surface area contributed by atoms with Gasteiger partial charge in [-0.25, -0.2) is 0 Å². The van der Waals surface area contributed by atoms with E-state index in [1.165, 1.54) is 0 Å². The van der Waals surface area contributed by atoms with Crippen molar-refractivity contribution in [1.29, 1.82) is 0 Å². The molecule has 160 valence electrons. The van der Waals surface area contributed by atoms with Gasteiger partial charge in [-0.1, -0.05) is 17.7 Å². The molecule has 0 aromatic heterocycles. The van der Waals surface area contributed by atoms with Gasteiger partial charge in [0.25, 0.3) is 0 Å². The molecule has 4 rings (SSSR count). The summed E-state index contributed by atoms with van der Waals surface area (Å²) in [6.07, 6.45) is 0.618. The van der Waals surface area contributed by atoms with E-state index in [-0.39, 0.29) is 12.0 Å². The summed E-state index contributed by atoms with van der Waals surface area (Å²) in [5.74, 6) is 1.54. The monoisotopic (exact) mass is 422 g/mol. The third-order valence-corrected chi connectivity index (χ3v) is 7.02. The van der Waals surface area contributed by atoms with Crippen LogP contribution in [-0.2, 0) is 9.53 Å². The zero-order valence-electron chi connectivity index (χ0n) is 17.2.